The number of fused-ring (bicyclic) bond motifs is 1. The van der Waals surface area contributed by atoms with Gasteiger partial charge in [0, 0.05) is 0 Å². The quantitative estimate of drug-likeness (QED) is 0.793. The molecular weight excluding hydrogens is 288 g/mol. The van der Waals surface area contributed by atoms with Gasteiger partial charge in [-0.3, -0.25) is 0 Å². The minimum absolute atomic E-state index is 0.120. The van der Waals surface area contributed by atoms with Crippen LogP contribution in [0.3, 0.4) is 0 Å². The summed E-state index contributed by atoms with van der Waals surface area (Å²) in [5, 5.41) is 0. The van der Waals surface area contributed by atoms with Crippen molar-refractivity contribution in [2.45, 2.75) is 44.7 Å². The van der Waals surface area contributed by atoms with Crippen molar-refractivity contribution < 1.29 is 28.5 Å². The Labute approximate surface area is 129 Å². The van der Waals surface area contributed by atoms with Crippen LogP contribution >= 0.6 is 0 Å². The van der Waals surface area contributed by atoms with E-state index in [-0.39, 0.29) is 43.5 Å². The van der Waals surface area contributed by atoms with Gasteiger partial charge in [-0.05, 0) is 26.0 Å². The summed E-state index contributed by atoms with van der Waals surface area (Å²) in [6.45, 7) is 4.19. The molecule has 0 spiro atoms. The molecule has 6 nitrogen and oxygen atoms in total. The van der Waals surface area contributed by atoms with Crippen molar-refractivity contribution in [3.63, 3.8) is 0 Å². The molecule has 2 saturated heterocycles. The first-order chi connectivity index (χ1) is 10.6. The predicted octanol–water partition coefficient (Wildman–Crippen LogP) is 1.73. The third-order valence-corrected chi connectivity index (χ3v) is 3.70. The van der Waals surface area contributed by atoms with Gasteiger partial charge < -0.3 is 23.7 Å². The topological polar surface area (TPSA) is 63.2 Å². The van der Waals surface area contributed by atoms with Gasteiger partial charge in [-0.1, -0.05) is 18.2 Å². The van der Waals surface area contributed by atoms with Gasteiger partial charge in [0.2, 0.25) is 0 Å². The molecule has 2 aliphatic rings. The van der Waals surface area contributed by atoms with Crippen molar-refractivity contribution in [1.82, 2.24) is 0 Å². The van der Waals surface area contributed by atoms with Crippen LogP contribution in [0.25, 0.3) is 0 Å². The van der Waals surface area contributed by atoms with Crippen molar-refractivity contribution in [1.29, 1.82) is 0 Å². The van der Waals surface area contributed by atoms with E-state index in [2.05, 4.69) is 0 Å². The number of hydrogen-bond donors (Lipinski definition) is 0. The lowest BCUT2D eigenvalue weighted by Gasteiger charge is -2.44. The van der Waals surface area contributed by atoms with Crippen LogP contribution in [0.5, 0.6) is 0 Å². The van der Waals surface area contributed by atoms with Crippen LogP contribution in [0, 0.1) is 0 Å². The third-order valence-electron chi connectivity index (χ3n) is 3.70. The first-order valence-corrected chi connectivity index (χ1v) is 7.43. The van der Waals surface area contributed by atoms with E-state index in [4.69, 9.17) is 23.7 Å². The van der Waals surface area contributed by atoms with E-state index in [1.165, 1.54) is 0 Å². The molecule has 6 heteroatoms. The Hall–Kier alpha value is -1.47. The van der Waals surface area contributed by atoms with Gasteiger partial charge in [-0.2, -0.15) is 0 Å². The average Bonchev–Trinajstić information content (AvgIpc) is 2.53. The van der Waals surface area contributed by atoms with E-state index >= 15 is 0 Å². The molecule has 3 rings (SSSR count). The lowest BCUT2D eigenvalue weighted by atomic mass is 10.1. The van der Waals surface area contributed by atoms with Crippen molar-refractivity contribution in [2.75, 3.05) is 13.2 Å². The molecule has 2 heterocycles. The fourth-order valence-corrected chi connectivity index (χ4v) is 2.67. The molecule has 1 aromatic rings. The van der Waals surface area contributed by atoms with Gasteiger partial charge >= 0.3 is 5.97 Å². The van der Waals surface area contributed by atoms with Crippen molar-refractivity contribution in [2.24, 2.45) is 0 Å². The zero-order chi connectivity index (χ0) is 15.5. The summed E-state index contributed by atoms with van der Waals surface area (Å²) in [6.07, 6.45) is -1.59. The molecule has 5 unspecified atom stereocenters. The molecule has 0 saturated carbocycles. The largest absolute Gasteiger partial charge is 0.459 e. The van der Waals surface area contributed by atoms with Crippen LogP contribution in [-0.2, 0) is 23.7 Å². The number of esters is 1. The van der Waals surface area contributed by atoms with Crippen LogP contribution < -0.4 is 0 Å². The van der Waals surface area contributed by atoms with Gasteiger partial charge in [0.15, 0.2) is 12.6 Å². The van der Waals surface area contributed by atoms with Gasteiger partial charge in [0.05, 0.1) is 12.2 Å². The first kappa shape index (κ1) is 15.4. The minimum atomic E-state index is -0.387. The molecule has 1 aromatic carbocycles. The highest BCUT2D eigenvalue weighted by Gasteiger charge is 2.43. The van der Waals surface area contributed by atoms with E-state index < -0.39 is 0 Å². The van der Waals surface area contributed by atoms with E-state index in [1.807, 2.05) is 13.0 Å². The van der Waals surface area contributed by atoms with E-state index in [0.717, 1.165) is 0 Å². The SMILES string of the molecule is CC1OC(COC(=O)c2ccccc2)C2OC(C)OCC2O1. The molecule has 0 N–H and O–H groups in total. The highest BCUT2D eigenvalue weighted by molar-refractivity contribution is 5.89. The summed E-state index contributed by atoms with van der Waals surface area (Å²) in [5.74, 6) is -0.375. The second-order valence-corrected chi connectivity index (χ2v) is 5.38. The third kappa shape index (κ3) is 3.47. The van der Waals surface area contributed by atoms with Crippen LogP contribution in [0.1, 0.15) is 24.2 Å². The molecule has 120 valence electrons. The average molecular weight is 308 g/mol. The van der Waals surface area contributed by atoms with E-state index in [9.17, 15) is 4.79 Å². The number of rotatable bonds is 3. The molecule has 22 heavy (non-hydrogen) atoms. The fraction of sp³-hybridized carbons (Fsp3) is 0.562. The summed E-state index contributed by atoms with van der Waals surface area (Å²) < 4.78 is 27.9. The smallest absolute Gasteiger partial charge is 0.338 e. The second kappa shape index (κ2) is 6.75. The summed E-state index contributed by atoms with van der Waals surface area (Å²) in [6, 6.07) is 8.87. The Bertz CT molecular complexity index is 505. The number of carbonyl (C=O) groups is 1. The minimum Gasteiger partial charge on any atom is -0.459 e. The Balaban J connectivity index is 1.61. The Morgan fingerprint density at radius 3 is 2.68 bits per heavy atom. The van der Waals surface area contributed by atoms with Crippen molar-refractivity contribution in [3.05, 3.63) is 35.9 Å². The zero-order valence-electron chi connectivity index (χ0n) is 12.6. The molecule has 0 bridgehead atoms. The van der Waals surface area contributed by atoms with E-state index in [0.29, 0.717) is 12.2 Å². The van der Waals surface area contributed by atoms with Crippen LogP contribution in [-0.4, -0.2) is 50.1 Å². The van der Waals surface area contributed by atoms with Crippen molar-refractivity contribution >= 4 is 5.97 Å². The highest BCUT2D eigenvalue weighted by Crippen LogP contribution is 2.27. The van der Waals surface area contributed by atoms with Gasteiger partial charge in [0.25, 0.3) is 0 Å². The van der Waals surface area contributed by atoms with Crippen LogP contribution in [0.15, 0.2) is 30.3 Å². The maximum absolute atomic E-state index is 12.0. The summed E-state index contributed by atoms with van der Waals surface area (Å²) in [4.78, 5) is 12.0. The Morgan fingerprint density at radius 1 is 1.14 bits per heavy atom. The fourth-order valence-electron chi connectivity index (χ4n) is 2.67. The van der Waals surface area contributed by atoms with Gasteiger partial charge in [0.1, 0.15) is 24.9 Å². The van der Waals surface area contributed by atoms with Crippen molar-refractivity contribution in [3.8, 4) is 0 Å². The Kier molecular flexibility index (Phi) is 4.73. The maximum Gasteiger partial charge on any atom is 0.338 e. The number of benzene rings is 1. The Morgan fingerprint density at radius 2 is 1.91 bits per heavy atom. The molecule has 0 aromatic heterocycles. The molecule has 2 aliphatic heterocycles. The molecular formula is C16H20O6. The van der Waals surface area contributed by atoms with E-state index in [1.54, 1.807) is 31.2 Å². The zero-order valence-corrected chi connectivity index (χ0v) is 12.6. The first-order valence-electron chi connectivity index (χ1n) is 7.43. The van der Waals surface area contributed by atoms with Gasteiger partial charge in [-0.15, -0.1) is 0 Å². The van der Waals surface area contributed by atoms with Crippen LogP contribution in [0.2, 0.25) is 0 Å². The lowest BCUT2D eigenvalue weighted by molar-refractivity contribution is -0.353. The number of ether oxygens (including phenoxy) is 5. The second-order valence-electron chi connectivity index (χ2n) is 5.38. The normalized spacial score (nSPS) is 34.7. The molecule has 0 radical (unpaired) electrons. The number of carbonyl (C=O) groups excluding carboxylic acids is 1. The monoisotopic (exact) mass is 308 g/mol. The lowest BCUT2D eigenvalue weighted by Crippen LogP contribution is -2.58. The summed E-state index contributed by atoms with van der Waals surface area (Å²) in [5.41, 5.74) is 0.514. The summed E-state index contributed by atoms with van der Waals surface area (Å²) >= 11 is 0. The van der Waals surface area contributed by atoms with Gasteiger partial charge in [-0.25, -0.2) is 4.79 Å². The molecule has 0 aliphatic carbocycles. The number of hydrogen-bond acceptors (Lipinski definition) is 6. The molecule has 5 atom stereocenters. The highest BCUT2D eigenvalue weighted by atomic mass is 16.8. The predicted molar refractivity (Wildman–Crippen MR) is 76.2 cm³/mol. The molecule has 0 amide bonds. The maximum atomic E-state index is 12.0. The van der Waals surface area contributed by atoms with Crippen LogP contribution in [0.4, 0.5) is 0 Å². The molecule has 2 fully saturated rings. The summed E-state index contributed by atoms with van der Waals surface area (Å²) in [7, 11) is 0. The standard InChI is InChI=1S/C16H20O6/c1-10-18-8-13-15(22-10)14(21-11(2)20-13)9-19-16(17)12-6-4-3-5-7-12/h3-7,10-11,13-15H,8-9H2,1-2H3.